The molecule has 1 aromatic carbocycles. The number of aliphatic hydroxyl groups is 4. The molecular formula is C27H36O13. The maximum atomic E-state index is 13.4. The zero-order valence-electron chi connectivity index (χ0n) is 23.0. The average Bonchev–Trinajstić information content (AvgIpc) is 2.86. The van der Waals surface area contributed by atoms with Crippen LogP contribution in [0.25, 0.3) is 0 Å². The zero-order valence-corrected chi connectivity index (χ0v) is 23.0. The lowest BCUT2D eigenvalue weighted by molar-refractivity contribution is -0.328. The van der Waals surface area contributed by atoms with E-state index in [1.165, 1.54) is 33.8 Å². The number of benzene rings is 1. The van der Waals surface area contributed by atoms with Crippen LogP contribution in [0.3, 0.4) is 0 Å². The molecule has 0 aromatic heterocycles. The van der Waals surface area contributed by atoms with Crippen molar-refractivity contribution < 1.29 is 64.3 Å². The van der Waals surface area contributed by atoms with Gasteiger partial charge in [-0.3, -0.25) is 9.59 Å². The fourth-order valence-electron chi connectivity index (χ4n) is 5.32. The van der Waals surface area contributed by atoms with Gasteiger partial charge in [-0.15, -0.1) is 0 Å². The second kappa shape index (κ2) is 10.7. The third-order valence-electron chi connectivity index (χ3n) is 7.27. The molecule has 7 atom stereocenters. The molecule has 40 heavy (non-hydrogen) atoms. The molecule has 2 fully saturated rings. The number of aliphatic hydroxyl groups excluding tert-OH is 3. The summed E-state index contributed by atoms with van der Waals surface area (Å²) in [5, 5.41) is 71.9. The molecule has 7 unspecified atom stereocenters. The van der Waals surface area contributed by atoms with E-state index in [0.29, 0.717) is 5.57 Å². The molecule has 13 nitrogen and oxygen atoms in total. The molecular weight excluding hydrogens is 532 g/mol. The molecule has 3 rings (SSSR count). The Kier molecular flexibility index (Phi) is 8.44. The summed E-state index contributed by atoms with van der Waals surface area (Å²) in [6.07, 6.45) is -9.24. The quantitative estimate of drug-likeness (QED) is 0.105. The SMILES string of the molecule is CC(C)=CC1(O)C(=O)C(C)(C)C(=O)C(C)(C)C1OC1OC(COC(=O)c2cc(O)c(O)c(O)c2)C(O)C(O)C1O. The van der Waals surface area contributed by atoms with Gasteiger partial charge < -0.3 is 50.0 Å². The van der Waals surface area contributed by atoms with Crippen LogP contribution in [-0.4, -0.2) is 102 Å². The predicted molar refractivity (Wildman–Crippen MR) is 135 cm³/mol. The Morgan fingerprint density at radius 3 is 2.02 bits per heavy atom. The number of carbonyl (C=O) groups excluding carboxylic acids is 3. The summed E-state index contributed by atoms with van der Waals surface area (Å²) in [6, 6.07) is 1.65. The van der Waals surface area contributed by atoms with Crippen LogP contribution in [0.2, 0.25) is 0 Å². The van der Waals surface area contributed by atoms with E-state index in [0.717, 1.165) is 12.1 Å². The summed E-state index contributed by atoms with van der Waals surface area (Å²) in [6.45, 7) is 8.24. The zero-order chi connectivity index (χ0) is 30.5. The van der Waals surface area contributed by atoms with Crippen molar-refractivity contribution in [3.05, 3.63) is 29.3 Å². The number of ether oxygens (including phenoxy) is 3. The Labute approximate surface area is 230 Å². The minimum atomic E-state index is -2.34. The van der Waals surface area contributed by atoms with Crippen molar-refractivity contribution in [1.29, 1.82) is 0 Å². The lowest BCUT2D eigenvalue weighted by Crippen LogP contribution is -2.71. The molecule has 0 spiro atoms. The van der Waals surface area contributed by atoms with Gasteiger partial charge in [-0.05, 0) is 45.9 Å². The van der Waals surface area contributed by atoms with Gasteiger partial charge in [0.2, 0.25) is 0 Å². The number of phenols is 3. The molecule has 1 saturated carbocycles. The Morgan fingerprint density at radius 1 is 0.950 bits per heavy atom. The van der Waals surface area contributed by atoms with E-state index < -0.39 is 94.6 Å². The summed E-state index contributed by atoms with van der Waals surface area (Å²) in [5.41, 5.74) is -5.26. The second-order valence-corrected chi connectivity index (χ2v) is 11.5. The van der Waals surface area contributed by atoms with Crippen molar-refractivity contribution in [1.82, 2.24) is 0 Å². The summed E-state index contributed by atoms with van der Waals surface area (Å²) >= 11 is 0. The molecule has 0 radical (unpaired) electrons. The minimum absolute atomic E-state index is 0.359. The summed E-state index contributed by atoms with van der Waals surface area (Å²) in [5.74, 6) is -4.92. The van der Waals surface area contributed by atoms with Gasteiger partial charge in [0.05, 0.1) is 16.4 Å². The highest BCUT2D eigenvalue weighted by molar-refractivity contribution is 6.15. The van der Waals surface area contributed by atoms with Gasteiger partial charge in [0.25, 0.3) is 0 Å². The number of phenolic OH excluding ortho intramolecular Hbond substituents is 3. The number of esters is 1. The van der Waals surface area contributed by atoms with E-state index in [2.05, 4.69) is 0 Å². The number of hydrogen-bond donors (Lipinski definition) is 7. The van der Waals surface area contributed by atoms with Gasteiger partial charge in [-0.1, -0.05) is 19.4 Å². The lowest BCUT2D eigenvalue weighted by atomic mass is 9.56. The van der Waals surface area contributed by atoms with E-state index in [9.17, 15) is 50.1 Å². The van der Waals surface area contributed by atoms with Crippen molar-refractivity contribution in [2.45, 2.75) is 84.0 Å². The first-order valence-electron chi connectivity index (χ1n) is 12.5. The molecule has 2 aliphatic rings. The smallest absolute Gasteiger partial charge is 0.338 e. The normalized spacial score (nSPS) is 33.4. The molecule has 1 heterocycles. The number of rotatable bonds is 6. The standard InChI is InChI=1S/C27H36O13/c1-11(2)9-27(37)23(36)25(3,4)22(35)26(5,6)24(27)40-21-19(33)18(32)17(31)15(39-21)10-38-20(34)12-7-13(28)16(30)14(29)8-12/h7-9,15,17-19,21,24,28-33,37H,10H2,1-6H3. The van der Waals surface area contributed by atoms with Crippen LogP contribution in [0.5, 0.6) is 17.2 Å². The third-order valence-corrected chi connectivity index (χ3v) is 7.27. The molecule has 1 saturated heterocycles. The molecule has 0 amide bonds. The Balaban J connectivity index is 1.88. The van der Waals surface area contributed by atoms with E-state index in [4.69, 9.17) is 14.2 Å². The summed E-state index contributed by atoms with van der Waals surface area (Å²) < 4.78 is 16.5. The van der Waals surface area contributed by atoms with Gasteiger partial charge in [0.1, 0.15) is 37.1 Å². The first-order valence-corrected chi connectivity index (χ1v) is 12.5. The topological polar surface area (TPSA) is 221 Å². The summed E-state index contributed by atoms with van der Waals surface area (Å²) in [7, 11) is 0. The number of hydrogen-bond acceptors (Lipinski definition) is 13. The minimum Gasteiger partial charge on any atom is -0.504 e. The van der Waals surface area contributed by atoms with Gasteiger partial charge in [-0.2, -0.15) is 0 Å². The van der Waals surface area contributed by atoms with E-state index in [1.807, 2.05) is 0 Å². The van der Waals surface area contributed by atoms with Crippen molar-refractivity contribution in [3.63, 3.8) is 0 Å². The summed E-state index contributed by atoms with van der Waals surface area (Å²) in [4.78, 5) is 39.2. The number of carbonyl (C=O) groups is 3. The number of allylic oxidation sites excluding steroid dienone is 1. The van der Waals surface area contributed by atoms with Crippen molar-refractivity contribution in [2.75, 3.05) is 6.61 Å². The third kappa shape index (κ3) is 5.32. The van der Waals surface area contributed by atoms with Crippen LogP contribution < -0.4 is 0 Å². The van der Waals surface area contributed by atoms with Gasteiger partial charge in [-0.25, -0.2) is 4.79 Å². The fourth-order valence-corrected chi connectivity index (χ4v) is 5.32. The van der Waals surface area contributed by atoms with Crippen molar-refractivity contribution >= 4 is 17.5 Å². The van der Waals surface area contributed by atoms with E-state index in [-0.39, 0.29) is 5.56 Å². The average molecular weight is 569 g/mol. The number of ketones is 2. The first-order chi connectivity index (χ1) is 18.3. The fraction of sp³-hybridized carbons (Fsp3) is 0.593. The Morgan fingerprint density at radius 2 is 1.50 bits per heavy atom. The maximum Gasteiger partial charge on any atom is 0.338 e. The number of aromatic hydroxyl groups is 3. The van der Waals surface area contributed by atoms with Gasteiger partial charge in [0.15, 0.2) is 40.7 Å². The Hall–Kier alpha value is -3.07. The monoisotopic (exact) mass is 568 g/mol. The van der Waals surface area contributed by atoms with Crippen LogP contribution in [-0.2, 0) is 23.8 Å². The highest BCUT2D eigenvalue weighted by Crippen LogP contribution is 2.48. The van der Waals surface area contributed by atoms with Crippen LogP contribution >= 0.6 is 0 Å². The van der Waals surface area contributed by atoms with Crippen LogP contribution in [0.1, 0.15) is 51.9 Å². The van der Waals surface area contributed by atoms with Gasteiger partial charge in [0, 0.05) is 0 Å². The van der Waals surface area contributed by atoms with Crippen molar-refractivity contribution in [2.24, 2.45) is 10.8 Å². The van der Waals surface area contributed by atoms with Crippen LogP contribution in [0.4, 0.5) is 0 Å². The molecule has 0 bridgehead atoms. The second-order valence-electron chi connectivity index (χ2n) is 11.5. The van der Waals surface area contributed by atoms with Crippen LogP contribution in [0.15, 0.2) is 23.8 Å². The first kappa shape index (κ1) is 31.5. The van der Waals surface area contributed by atoms with Crippen molar-refractivity contribution in [3.8, 4) is 17.2 Å². The van der Waals surface area contributed by atoms with Crippen LogP contribution in [0, 0.1) is 10.8 Å². The lowest BCUT2D eigenvalue weighted by Gasteiger charge is -2.53. The maximum absolute atomic E-state index is 13.4. The predicted octanol–water partition coefficient (Wildman–Crippen LogP) is 0.0545. The Bertz CT molecular complexity index is 1190. The molecule has 1 aliphatic heterocycles. The van der Waals surface area contributed by atoms with E-state index >= 15 is 0 Å². The van der Waals surface area contributed by atoms with Gasteiger partial charge >= 0.3 is 5.97 Å². The molecule has 222 valence electrons. The largest absolute Gasteiger partial charge is 0.504 e. The number of Topliss-reactive ketones (excluding diaryl/α,β-unsaturated/α-hetero) is 2. The van der Waals surface area contributed by atoms with E-state index in [1.54, 1.807) is 13.8 Å². The highest BCUT2D eigenvalue weighted by Gasteiger charge is 2.66. The molecule has 7 N–H and O–H groups in total. The molecule has 1 aromatic rings. The highest BCUT2D eigenvalue weighted by atomic mass is 16.7. The molecule has 1 aliphatic carbocycles. The molecule has 13 heteroatoms.